The van der Waals surface area contributed by atoms with Crippen LogP contribution in [0.2, 0.25) is 0 Å². The second-order valence-electron chi connectivity index (χ2n) is 6.30. The summed E-state index contributed by atoms with van der Waals surface area (Å²) >= 11 is 1.11. The second kappa shape index (κ2) is 8.64. The molecule has 3 aromatic rings. The monoisotopic (exact) mass is 445 g/mol. The third-order valence-corrected chi connectivity index (χ3v) is 6.68. The second-order valence-corrected chi connectivity index (χ2v) is 8.98. The lowest BCUT2D eigenvalue weighted by atomic mass is 10.2. The van der Waals surface area contributed by atoms with E-state index in [4.69, 9.17) is 4.74 Å². The number of thiazole rings is 1. The number of ketones is 1. The SMILES string of the molecule is COc1ccc(S(=O)(=O)Nc2ccc(C(=O)Nc3nc(C)c(C(C)=O)s3)cc2)cc1. The molecule has 1 amide bonds. The first-order valence-corrected chi connectivity index (χ1v) is 11.1. The highest BCUT2D eigenvalue weighted by molar-refractivity contribution is 7.92. The number of hydrogen-bond donors (Lipinski definition) is 2. The van der Waals surface area contributed by atoms with E-state index < -0.39 is 15.9 Å². The van der Waals surface area contributed by atoms with Gasteiger partial charge >= 0.3 is 0 Å². The number of hydrogen-bond acceptors (Lipinski definition) is 7. The summed E-state index contributed by atoms with van der Waals surface area (Å²) in [4.78, 5) is 28.7. The highest BCUT2D eigenvalue weighted by Crippen LogP contribution is 2.24. The quantitative estimate of drug-likeness (QED) is 0.536. The summed E-state index contributed by atoms with van der Waals surface area (Å²) in [6.07, 6.45) is 0. The van der Waals surface area contributed by atoms with E-state index in [0.717, 1.165) is 11.3 Å². The molecule has 2 N–H and O–H groups in total. The predicted octanol–water partition coefficient (Wildman–Crippen LogP) is 3.72. The zero-order chi connectivity index (χ0) is 21.9. The lowest BCUT2D eigenvalue weighted by molar-refractivity contribution is 0.101. The normalized spacial score (nSPS) is 11.0. The molecule has 0 saturated carbocycles. The van der Waals surface area contributed by atoms with Crippen molar-refractivity contribution in [2.24, 2.45) is 0 Å². The Balaban J connectivity index is 1.70. The van der Waals surface area contributed by atoms with Gasteiger partial charge in [0, 0.05) is 18.2 Å². The predicted molar refractivity (Wildman–Crippen MR) is 115 cm³/mol. The van der Waals surface area contributed by atoms with Crippen molar-refractivity contribution < 1.29 is 22.7 Å². The zero-order valence-corrected chi connectivity index (χ0v) is 18.1. The van der Waals surface area contributed by atoms with Crippen molar-refractivity contribution in [1.29, 1.82) is 0 Å². The Labute approximate surface area is 178 Å². The van der Waals surface area contributed by atoms with Crippen molar-refractivity contribution in [1.82, 2.24) is 4.98 Å². The maximum atomic E-state index is 12.5. The van der Waals surface area contributed by atoms with Gasteiger partial charge in [-0.05, 0) is 55.5 Å². The highest BCUT2D eigenvalue weighted by atomic mass is 32.2. The van der Waals surface area contributed by atoms with Crippen molar-refractivity contribution in [3.05, 3.63) is 64.7 Å². The molecule has 0 aliphatic heterocycles. The highest BCUT2D eigenvalue weighted by Gasteiger charge is 2.16. The fourth-order valence-corrected chi connectivity index (χ4v) is 4.52. The topological polar surface area (TPSA) is 114 Å². The maximum Gasteiger partial charge on any atom is 0.261 e. The van der Waals surface area contributed by atoms with Gasteiger partial charge in [-0.2, -0.15) is 0 Å². The number of aryl methyl sites for hydroxylation is 1. The van der Waals surface area contributed by atoms with Crippen LogP contribution in [0.3, 0.4) is 0 Å². The van der Waals surface area contributed by atoms with Crippen LogP contribution < -0.4 is 14.8 Å². The first-order valence-electron chi connectivity index (χ1n) is 8.76. The summed E-state index contributed by atoms with van der Waals surface area (Å²) in [6, 6.07) is 12.0. The number of nitrogens with one attached hydrogen (secondary N) is 2. The van der Waals surface area contributed by atoms with Crippen LogP contribution in [0.25, 0.3) is 0 Å². The fraction of sp³-hybridized carbons (Fsp3) is 0.150. The van der Waals surface area contributed by atoms with Gasteiger partial charge in [0.1, 0.15) is 5.75 Å². The van der Waals surface area contributed by atoms with E-state index in [9.17, 15) is 18.0 Å². The number of methoxy groups -OCH3 is 1. The number of anilines is 2. The van der Waals surface area contributed by atoms with Gasteiger partial charge in [0.2, 0.25) is 0 Å². The number of sulfonamides is 1. The number of Topliss-reactive ketones (excluding diaryl/α,β-unsaturated/α-hetero) is 1. The number of rotatable bonds is 7. The Kier molecular flexibility index (Phi) is 6.18. The molecular weight excluding hydrogens is 426 g/mol. The third kappa shape index (κ3) is 4.84. The molecule has 0 fully saturated rings. The molecule has 10 heteroatoms. The third-order valence-electron chi connectivity index (χ3n) is 4.11. The largest absolute Gasteiger partial charge is 0.497 e. The van der Waals surface area contributed by atoms with Gasteiger partial charge in [-0.3, -0.25) is 19.6 Å². The Morgan fingerprint density at radius 1 is 1.03 bits per heavy atom. The number of aromatic nitrogens is 1. The summed E-state index contributed by atoms with van der Waals surface area (Å²) in [7, 11) is -2.28. The molecule has 0 saturated heterocycles. The summed E-state index contributed by atoms with van der Waals surface area (Å²) in [5, 5.41) is 2.97. The molecule has 0 aliphatic rings. The number of nitrogens with zero attached hydrogens (tertiary/aromatic N) is 1. The standard InChI is InChI=1S/C20H19N3O5S2/c1-12-18(13(2)24)29-20(21-12)22-19(25)14-4-6-15(7-5-14)23-30(26,27)17-10-8-16(28-3)9-11-17/h4-11,23H,1-3H3,(H,21,22,25). The van der Waals surface area contributed by atoms with Gasteiger partial charge < -0.3 is 4.74 Å². The molecule has 1 aromatic heterocycles. The van der Waals surface area contributed by atoms with Gasteiger partial charge in [0.25, 0.3) is 15.9 Å². The van der Waals surface area contributed by atoms with Gasteiger partial charge in [-0.1, -0.05) is 11.3 Å². The number of carbonyl (C=O) groups is 2. The van der Waals surface area contributed by atoms with E-state index in [2.05, 4.69) is 15.0 Å². The minimum Gasteiger partial charge on any atom is -0.497 e. The molecule has 0 atom stereocenters. The molecule has 0 bridgehead atoms. The van der Waals surface area contributed by atoms with Gasteiger partial charge in [0.15, 0.2) is 10.9 Å². The molecule has 1 heterocycles. The van der Waals surface area contributed by atoms with Crippen molar-refractivity contribution >= 4 is 43.9 Å². The molecule has 2 aromatic carbocycles. The number of amides is 1. The van der Waals surface area contributed by atoms with Gasteiger partial charge in [-0.15, -0.1) is 0 Å². The summed E-state index contributed by atoms with van der Waals surface area (Å²) < 4.78 is 32.5. The summed E-state index contributed by atoms with van der Waals surface area (Å²) in [6.45, 7) is 3.14. The van der Waals surface area contributed by atoms with Crippen LogP contribution >= 0.6 is 11.3 Å². The van der Waals surface area contributed by atoms with Gasteiger partial charge in [-0.25, -0.2) is 13.4 Å². The van der Waals surface area contributed by atoms with E-state index in [1.807, 2.05) is 0 Å². The molecule has 156 valence electrons. The van der Waals surface area contributed by atoms with Crippen molar-refractivity contribution in [3.8, 4) is 5.75 Å². The Morgan fingerprint density at radius 3 is 2.20 bits per heavy atom. The zero-order valence-electron chi connectivity index (χ0n) is 16.4. The van der Waals surface area contributed by atoms with E-state index in [-0.39, 0.29) is 10.7 Å². The molecule has 0 spiro atoms. The van der Waals surface area contributed by atoms with Crippen LogP contribution in [-0.2, 0) is 10.0 Å². The van der Waals surface area contributed by atoms with E-state index in [1.54, 1.807) is 19.1 Å². The van der Waals surface area contributed by atoms with Crippen LogP contribution in [0.4, 0.5) is 10.8 Å². The van der Waals surface area contributed by atoms with Crippen molar-refractivity contribution in [2.75, 3.05) is 17.1 Å². The Morgan fingerprint density at radius 2 is 1.67 bits per heavy atom. The Bertz CT molecular complexity index is 1180. The van der Waals surface area contributed by atoms with Crippen LogP contribution in [-0.4, -0.2) is 32.2 Å². The first-order chi connectivity index (χ1) is 14.2. The lowest BCUT2D eigenvalue weighted by Crippen LogP contribution is -2.14. The fourth-order valence-electron chi connectivity index (χ4n) is 2.60. The first kappa shape index (κ1) is 21.5. The molecule has 0 radical (unpaired) electrons. The molecule has 30 heavy (non-hydrogen) atoms. The van der Waals surface area contributed by atoms with Gasteiger partial charge in [0.05, 0.1) is 22.6 Å². The maximum absolute atomic E-state index is 12.5. The van der Waals surface area contributed by atoms with Crippen LogP contribution in [0.1, 0.15) is 32.6 Å². The minimum atomic E-state index is -3.78. The van der Waals surface area contributed by atoms with E-state index >= 15 is 0 Å². The molecule has 0 unspecified atom stereocenters. The van der Waals surface area contributed by atoms with Crippen molar-refractivity contribution in [2.45, 2.75) is 18.7 Å². The van der Waals surface area contributed by atoms with Crippen LogP contribution in [0.15, 0.2) is 53.4 Å². The Hall–Kier alpha value is -3.24. The molecule has 8 nitrogen and oxygen atoms in total. The minimum absolute atomic E-state index is 0.0885. The average molecular weight is 446 g/mol. The van der Waals surface area contributed by atoms with Crippen LogP contribution in [0.5, 0.6) is 5.75 Å². The molecular formula is C20H19N3O5S2. The smallest absolute Gasteiger partial charge is 0.261 e. The van der Waals surface area contributed by atoms with E-state index in [1.165, 1.54) is 50.4 Å². The molecule has 3 rings (SSSR count). The lowest BCUT2D eigenvalue weighted by Gasteiger charge is -2.09. The van der Waals surface area contributed by atoms with Crippen LogP contribution in [0, 0.1) is 6.92 Å². The average Bonchev–Trinajstić information content (AvgIpc) is 3.08. The summed E-state index contributed by atoms with van der Waals surface area (Å²) in [5.41, 5.74) is 1.19. The van der Waals surface area contributed by atoms with Crippen molar-refractivity contribution in [3.63, 3.8) is 0 Å². The van der Waals surface area contributed by atoms with E-state index in [0.29, 0.717) is 32.7 Å². The number of carbonyl (C=O) groups excluding carboxylic acids is 2. The number of benzene rings is 2. The number of ether oxygens (including phenoxy) is 1. The molecule has 0 aliphatic carbocycles. The summed E-state index contributed by atoms with van der Waals surface area (Å²) in [5.74, 6) is 0.0255.